The first-order chi connectivity index (χ1) is 9.84. The van der Waals surface area contributed by atoms with Crippen molar-refractivity contribution in [2.75, 3.05) is 6.54 Å². The van der Waals surface area contributed by atoms with Gasteiger partial charge in [0.1, 0.15) is 5.69 Å². The Balaban J connectivity index is 1.76. The van der Waals surface area contributed by atoms with Crippen LogP contribution in [0.15, 0.2) is 12.3 Å². The molecule has 0 spiro atoms. The number of halogens is 4. The van der Waals surface area contributed by atoms with Gasteiger partial charge in [0.25, 0.3) is 5.91 Å². The molecule has 1 aliphatic carbocycles. The van der Waals surface area contributed by atoms with E-state index in [0.717, 1.165) is 19.4 Å². The molecule has 1 aromatic rings. The first kappa shape index (κ1) is 14.2. The summed E-state index contributed by atoms with van der Waals surface area (Å²) < 4.78 is 51.0. The number of rotatable bonds is 2. The summed E-state index contributed by atoms with van der Waals surface area (Å²) in [4.78, 5) is 15.4. The summed E-state index contributed by atoms with van der Waals surface area (Å²) in [6, 6.07) is 0.490. The maximum atomic E-state index is 13.1. The molecule has 2 fully saturated rings. The minimum Gasteiger partial charge on any atom is -0.346 e. The van der Waals surface area contributed by atoms with Gasteiger partial charge < -0.3 is 10.6 Å². The van der Waals surface area contributed by atoms with Crippen LogP contribution in [0.3, 0.4) is 0 Å². The largest absolute Gasteiger partial charge is 0.419 e. The highest BCUT2D eigenvalue weighted by Crippen LogP contribution is 2.32. The van der Waals surface area contributed by atoms with E-state index >= 15 is 0 Å². The number of fused-ring (bicyclic) bond motifs is 2. The smallest absolute Gasteiger partial charge is 0.346 e. The van der Waals surface area contributed by atoms with Crippen LogP contribution in [-0.4, -0.2) is 29.5 Å². The number of alkyl halides is 3. The number of nitrogens with zero attached hydrogens (tertiary/aromatic N) is 1. The van der Waals surface area contributed by atoms with E-state index in [1.165, 1.54) is 0 Å². The Morgan fingerprint density at radius 2 is 2.14 bits per heavy atom. The highest BCUT2D eigenvalue weighted by molar-refractivity contribution is 5.92. The third-order valence-corrected chi connectivity index (χ3v) is 4.04. The first-order valence-electron chi connectivity index (χ1n) is 6.61. The third-order valence-electron chi connectivity index (χ3n) is 4.04. The molecule has 3 unspecified atom stereocenters. The number of hydrogen-bond donors (Lipinski definition) is 2. The van der Waals surface area contributed by atoms with Crippen LogP contribution in [-0.2, 0) is 6.18 Å². The van der Waals surface area contributed by atoms with Crippen LogP contribution >= 0.6 is 0 Å². The predicted octanol–water partition coefficient (Wildman–Crippen LogP) is 1.72. The predicted molar refractivity (Wildman–Crippen MR) is 65.0 cm³/mol. The summed E-state index contributed by atoms with van der Waals surface area (Å²) in [7, 11) is 0. The summed E-state index contributed by atoms with van der Waals surface area (Å²) >= 11 is 0. The SMILES string of the molecule is O=C(NC1CC2CNC1C2)c1cc(C(F)(F)F)c(F)cn1. The molecule has 3 rings (SSSR count). The molecule has 1 aromatic heterocycles. The lowest BCUT2D eigenvalue weighted by Crippen LogP contribution is -2.48. The van der Waals surface area contributed by atoms with E-state index in [4.69, 9.17) is 0 Å². The molecule has 3 atom stereocenters. The van der Waals surface area contributed by atoms with Crippen LogP contribution in [0.5, 0.6) is 0 Å². The number of carbonyl (C=O) groups excluding carboxylic acids is 1. The monoisotopic (exact) mass is 303 g/mol. The number of aromatic nitrogens is 1. The molecule has 2 aliphatic rings. The van der Waals surface area contributed by atoms with Crippen LogP contribution < -0.4 is 10.6 Å². The first-order valence-corrected chi connectivity index (χ1v) is 6.61. The van der Waals surface area contributed by atoms with Crippen molar-refractivity contribution in [3.63, 3.8) is 0 Å². The van der Waals surface area contributed by atoms with Gasteiger partial charge in [0.2, 0.25) is 0 Å². The van der Waals surface area contributed by atoms with Gasteiger partial charge in [0.05, 0.1) is 11.8 Å². The van der Waals surface area contributed by atoms with Crippen LogP contribution in [0.2, 0.25) is 0 Å². The highest BCUT2D eigenvalue weighted by atomic mass is 19.4. The van der Waals surface area contributed by atoms with E-state index in [1.807, 2.05) is 0 Å². The van der Waals surface area contributed by atoms with Crippen molar-refractivity contribution in [2.24, 2.45) is 5.92 Å². The Bertz CT molecular complexity index is 575. The van der Waals surface area contributed by atoms with Gasteiger partial charge in [-0.3, -0.25) is 4.79 Å². The minimum absolute atomic E-state index is 0.113. The number of hydrogen-bond acceptors (Lipinski definition) is 3. The molecular weight excluding hydrogens is 290 g/mol. The fourth-order valence-corrected chi connectivity index (χ4v) is 3.04. The van der Waals surface area contributed by atoms with E-state index in [1.54, 1.807) is 0 Å². The van der Waals surface area contributed by atoms with Crippen molar-refractivity contribution < 1.29 is 22.4 Å². The van der Waals surface area contributed by atoms with Crippen molar-refractivity contribution in [1.82, 2.24) is 15.6 Å². The zero-order valence-electron chi connectivity index (χ0n) is 10.9. The summed E-state index contributed by atoms with van der Waals surface area (Å²) in [5, 5.41) is 5.90. The van der Waals surface area contributed by atoms with Gasteiger partial charge in [0, 0.05) is 12.1 Å². The lowest BCUT2D eigenvalue weighted by Gasteiger charge is -2.23. The van der Waals surface area contributed by atoms with Gasteiger partial charge in [-0.2, -0.15) is 13.2 Å². The van der Waals surface area contributed by atoms with Crippen LogP contribution in [0.1, 0.15) is 28.9 Å². The zero-order valence-corrected chi connectivity index (χ0v) is 10.9. The average molecular weight is 303 g/mol. The molecule has 1 saturated heterocycles. The Morgan fingerprint density at radius 3 is 2.71 bits per heavy atom. The highest BCUT2D eigenvalue weighted by Gasteiger charge is 2.40. The zero-order chi connectivity index (χ0) is 15.2. The van der Waals surface area contributed by atoms with Crippen LogP contribution in [0.25, 0.3) is 0 Å². The second-order valence-electron chi connectivity index (χ2n) is 5.48. The lowest BCUT2D eigenvalue weighted by atomic mass is 10.1. The van der Waals surface area contributed by atoms with Gasteiger partial charge in [-0.1, -0.05) is 0 Å². The molecule has 1 saturated carbocycles. The molecule has 8 heteroatoms. The topological polar surface area (TPSA) is 54.0 Å². The molecule has 0 radical (unpaired) electrons. The minimum atomic E-state index is -4.85. The number of pyridine rings is 1. The molecule has 1 amide bonds. The molecule has 21 heavy (non-hydrogen) atoms. The van der Waals surface area contributed by atoms with E-state index in [0.29, 0.717) is 18.2 Å². The van der Waals surface area contributed by atoms with Crippen molar-refractivity contribution in [2.45, 2.75) is 31.1 Å². The Labute approximate surface area is 117 Å². The fraction of sp³-hybridized carbons (Fsp3) is 0.538. The molecule has 1 aliphatic heterocycles. The second kappa shape index (κ2) is 4.94. The third kappa shape index (κ3) is 2.72. The molecule has 2 heterocycles. The molecular formula is C13H13F4N3O. The van der Waals surface area contributed by atoms with Gasteiger partial charge in [-0.25, -0.2) is 9.37 Å². The number of amides is 1. The molecule has 2 N–H and O–H groups in total. The Hall–Kier alpha value is -1.70. The van der Waals surface area contributed by atoms with Gasteiger partial charge >= 0.3 is 6.18 Å². The number of piperidine rings is 1. The van der Waals surface area contributed by atoms with Crippen molar-refractivity contribution in [3.8, 4) is 0 Å². The summed E-state index contributed by atoms with van der Waals surface area (Å²) in [5.41, 5.74) is -1.90. The summed E-state index contributed by atoms with van der Waals surface area (Å²) in [6.45, 7) is 0.907. The Kier molecular flexibility index (Phi) is 3.35. The normalized spacial score (nSPS) is 27.9. The average Bonchev–Trinajstić information content (AvgIpc) is 3.00. The van der Waals surface area contributed by atoms with Crippen molar-refractivity contribution in [1.29, 1.82) is 0 Å². The molecule has 114 valence electrons. The summed E-state index contributed by atoms with van der Waals surface area (Å²) in [5.74, 6) is -1.70. The van der Waals surface area contributed by atoms with Crippen LogP contribution in [0, 0.1) is 11.7 Å². The Morgan fingerprint density at radius 1 is 1.38 bits per heavy atom. The van der Waals surface area contributed by atoms with Crippen molar-refractivity contribution in [3.05, 3.63) is 29.3 Å². The maximum Gasteiger partial charge on any atom is 0.419 e. The van der Waals surface area contributed by atoms with E-state index < -0.39 is 29.2 Å². The molecule has 2 bridgehead atoms. The van der Waals surface area contributed by atoms with Gasteiger partial charge in [0.15, 0.2) is 5.82 Å². The van der Waals surface area contributed by atoms with Crippen LogP contribution in [0.4, 0.5) is 17.6 Å². The van der Waals surface area contributed by atoms with Crippen molar-refractivity contribution >= 4 is 5.91 Å². The van der Waals surface area contributed by atoms with E-state index in [-0.39, 0.29) is 12.1 Å². The summed E-state index contributed by atoms with van der Waals surface area (Å²) in [6.07, 6.45) is -2.67. The lowest BCUT2D eigenvalue weighted by molar-refractivity contribution is -0.140. The van der Waals surface area contributed by atoms with Gasteiger partial charge in [-0.15, -0.1) is 0 Å². The number of carbonyl (C=O) groups is 1. The molecule has 0 aromatic carbocycles. The van der Waals surface area contributed by atoms with E-state index in [9.17, 15) is 22.4 Å². The quantitative estimate of drug-likeness (QED) is 0.818. The number of nitrogens with one attached hydrogen (secondary N) is 2. The molecule has 4 nitrogen and oxygen atoms in total. The standard InChI is InChI=1S/C13H13F4N3O/c14-8-5-19-11(3-7(8)13(15,16)17)12(21)20-10-2-6-1-9(10)18-4-6/h3,5-6,9-10,18H,1-2,4H2,(H,20,21). The maximum absolute atomic E-state index is 13.1. The second-order valence-corrected chi connectivity index (χ2v) is 5.48. The van der Waals surface area contributed by atoms with Gasteiger partial charge in [-0.05, 0) is 31.4 Å². The van der Waals surface area contributed by atoms with E-state index in [2.05, 4.69) is 15.6 Å². The fourth-order valence-electron chi connectivity index (χ4n) is 3.04.